The zero-order valence-electron chi connectivity index (χ0n) is 21.0. The first-order valence-electron chi connectivity index (χ1n) is 11.8. The van der Waals surface area contributed by atoms with Crippen LogP contribution in [0, 0.1) is 13.8 Å². The lowest BCUT2D eigenvalue weighted by Gasteiger charge is -2.34. The Morgan fingerprint density at radius 2 is 1.59 bits per heavy atom. The largest absolute Gasteiger partial charge is 0.497 e. The SMILES string of the molecule is COc1cc(C)c(S(=O)(=O)N(C)CCC(=O)CCc2ccc(N3CCN(C)CC3)cc2)c(C)c1. The van der Waals surface area contributed by atoms with E-state index in [1.165, 1.54) is 17.0 Å². The van der Waals surface area contributed by atoms with Crippen LogP contribution in [0.4, 0.5) is 5.69 Å². The monoisotopic (exact) mass is 487 g/mol. The van der Waals surface area contributed by atoms with Crippen LogP contribution in [0.1, 0.15) is 29.5 Å². The van der Waals surface area contributed by atoms with Gasteiger partial charge in [-0.1, -0.05) is 12.1 Å². The minimum Gasteiger partial charge on any atom is -0.497 e. The molecule has 0 bridgehead atoms. The van der Waals surface area contributed by atoms with Crippen molar-refractivity contribution in [3.8, 4) is 5.75 Å². The fraction of sp³-hybridized carbons (Fsp3) is 0.500. The van der Waals surface area contributed by atoms with Crippen molar-refractivity contribution in [2.75, 3.05) is 58.8 Å². The highest BCUT2D eigenvalue weighted by molar-refractivity contribution is 7.89. The molecule has 1 heterocycles. The Balaban J connectivity index is 1.51. The Morgan fingerprint density at radius 3 is 2.15 bits per heavy atom. The number of piperazine rings is 1. The number of rotatable bonds is 10. The minimum atomic E-state index is -3.69. The van der Waals surface area contributed by atoms with Crippen LogP contribution in [0.25, 0.3) is 0 Å². The molecule has 1 aliphatic heterocycles. The molecule has 7 nitrogen and oxygen atoms in total. The molecule has 186 valence electrons. The van der Waals surface area contributed by atoms with Gasteiger partial charge in [0, 0.05) is 58.3 Å². The van der Waals surface area contributed by atoms with E-state index in [0.29, 0.717) is 29.7 Å². The first-order chi connectivity index (χ1) is 16.1. The molecule has 0 N–H and O–H groups in total. The van der Waals surface area contributed by atoms with Crippen LogP contribution in [-0.4, -0.2) is 77.3 Å². The number of anilines is 1. The van der Waals surface area contributed by atoms with Gasteiger partial charge in [0.05, 0.1) is 12.0 Å². The number of likely N-dealkylation sites (N-methyl/N-ethyl adjacent to an activating group) is 1. The van der Waals surface area contributed by atoms with Crippen LogP contribution in [0.2, 0.25) is 0 Å². The van der Waals surface area contributed by atoms with Crippen LogP contribution < -0.4 is 9.64 Å². The molecule has 0 saturated carbocycles. The van der Waals surface area contributed by atoms with Gasteiger partial charge >= 0.3 is 0 Å². The van der Waals surface area contributed by atoms with Crippen molar-refractivity contribution in [3.05, 3.63) is 53.1 Å². The number of benzene rings is 2. The van der Waals surface area contributed by atoms with Crippen molar-refractivity contribution in [1.29, 1.82) is 0 Å². The summed E-state index contributed by atoms with van der Waals surface area (Å²) in [6.45, 7) is 7.87. The Hall–Kier alpha value is -2.42. The van der Waals surface area contributed by atoms with Gasteiger partial charge in [-0.25, -0.2) is 12.7 Å². The molecule has 0 atom stereocenters. The zero-order chi connectivity index (χ0) is 24.9. The van der Waals surface area contributed by atoms with Crippen LogP contribution >= 0.6 is 0 Å². The molecule has 2 aromatic rings. The Kier molecular flexibility index (Phi) is 8.73. The predicted molar refractivity (Wildman–Crippen MR) is 136 cm³/mol. The van der Waals surface area contributed by atoms with E-state index in [1.807, 2.05) is 0 Å². The molecule has 34 heavy (non-hydrogen) atoms. The maximum absolute atomic E-state index is 13.1. The van der Waals surface area contributed by atoms with Crippen LogP contribution in [0.5, 0.6) is 5.75 Å². The molecule has 1 aliphatic rings. The molecule has 2 aromatic carbocycles. The molecule has 1 fully saturated rings. The van der Waals surface area contributed by atoms with Crippen LogP contribution in [0.15, 0.2) is 41.3 Å². The summed E-state index contributed by atoms with van der Waals surface area (Å²) in [6, 6.07) is 11.9. The number of carbonyl (C=O) groups excluding carboxylic acids is 1. The molecule has 8 heteroatoms. The fourth-order valence-electron chi connectivity index (χ4n) is 4.34. The zero-order valence-corrected chi connectivity index (χ0v) is 21.8. The number of ketones is 1. The summed E-state index contributed by atoms with van der Waals surface area (Å²) >= 11 is 0. The van der Waals surface area contributed by atoms with Crippen molar-refractivity contribution >= 4 is 21.5 Å². The standard InChI is InChI=1S/C26H37N3O4S/c1-20-18-25(33-5)19-21(2)26(20)34(31,32)28(4)13-12-24(30)11-8-22-6-9-23(10-7-22)29-16-14-27(3)15-17-29/h6-7,9-10,18-19H,8,11-17H2,1-5H3. The van der Waals surface area contributed by atoms with Crippen molar-refractivity contribution < 1.29 is 17.9 Å². The number of hydrogen-bond acceptors (Lipinski definition) is 6. The van der Waals surface area contributed by atoms with E-state index in [2.05, 4.69) is 41.1 Å². The van der Waals surface area contributed by atoms with E-state index in [4.69, 9.17) is 4.74 Å². The third-order valence-corrected chi connectivity index (χ3v) is 8.70. The number of ether oxygens (including phenoxy) is 1. The second-order valence-electron chi connectivity index (χ2n) is 9.16. The van der Waals surface area contributed by atoms with Crippen molar-refractivity contribution in [2.24, 2.45) is 0 Å². The normalized spacial score (nSPS) is 15.1. The van der Waals surface area contributed by atoms with E-state index in [-0.39, 0.29) is 23.6 Å². The number of aryl methyl sites for hydroxylation is 3. The summed E-state index contributed by atoms with van der Waals surface area (Å²) in [5, 5.41) is 0. The number of nitrogens with zero attached hydrogens (tertiary/aromatic N) is 3. The third-order valence-electron chi connectivity index (χ3n) is 6.54. The van der Waals surface area contributed by atoms with Crippen molar-refractivity contribution in [2.45, 2.75) is 38.0 Å². The van der Waals surface area contributed by atoms with Gasteiger partial charge in [0.1, 0.15) is 11.5 Å². The Morgan fingerprint density at radius 1 is 1.00 bits per heavy atom. The second-order valence-corrected chi connectivity index (χ2v) is 11.1. The van der Waals surface area contributed by atoms with Crippen molar-refractivity contribution in [1.82, 2.24) is 9.21 Å². The Labute approximate surface area is 204 Å². The number of Topliss-reactive ketones (excluding diaryl/α,β-unsaturated/α-hetero) is 1. The number of sulfonamides is 1. The highest BCUT2D eigenvalue weighted by Gasteiger charge is 2.25. The summed E-state index contributed by atoms with van der Waals surface area (Å²) in [4.78, 5) is 17.5. The van der Waals surface area contributed by atoms with Gasteiger partial charge in [0.25, 0.3) is 0 Å². The second kappa shape index (κ2) is 11.3. The van der Waals surface area contributed by atoms with E-state index >= 15 is 0 Å². The summed E-state index contributed by atoms with van der Waals surface area (Å²) in [7, 11) is 1.54. The average molecular weight is 488 g/mol. The maximum atomic E-state index is 13.1. The van der Waals surface area contributed by atoms with Gasteiger partial charge in [-0.15, -0.1) is 0 Å². The van der Waals surface area contributed by atoms with Crippen LogP contribution in [0.3, 0.4) is 0 Å². The summed E-state index contributed by atoms with van der Waals surface area (Å²) in [5.74, 6) is 0.691. The topological polar surface area (TPSA) is 70.2 Å². The van der Waals surface area contributed by atoms with E-state index in [1.54, 1.807) is 33.1 Å². The van der Waals surface area contributed by atoms with Crippen molar-refractivity contribution in [3.63, 3.8) is 0 Å². The average Bonchev–Trinajstić information content (AvgIpc) is 2.81. The van der Waals surface area contributed by atoms with Crippen LogP contribution in [-0.2, 0) is 21.2 Å². The minimum absolute atomic E-state index is 0.0633. The summed E-state index contributed by atoms with van der Waals surface area (Å²) in [6.07, 6.45) is 1.26. The lowest BCUT2D eigenvalue weighted by Crippen LogP contribution is -2.44. The highest BCUT2D eigenvalue weighted by Crippen LogP contribution is 2.28. The van der Waals surface area contributed by atoms with Gasteiger partial charge in [-0.2, -0.15) is 0 Å². The highest BCUT2D eigenvalue weighted by atomic mass is 32.2. The van der Waals surface area contributed by atoms with Gasteiger partial charge in [0.2, 0.25) is 10.0 Å². The molecule has 0 spiro atoms. The first kappa shape index (κ1) is 26.2. The van der Waals surface area contributed by atoms with E-state index in [9.17, 15) is 13.2 Å². The lowest BCUT2D eigenvalue weighted by atomic mass is 10.1. The van der Waals surface area contributed by atoms with E-state index in [0.717, 1.165) is 31.7 Å². The molecular weight excluding hydrogens is 450 g/mol. The Bertz CT molecular complexity index is 1070. The number of hydrogen-bond donors (Lipinski definition) is 0. The molecular formula is C26H37N3O4S. The first-order valence-corrected chi connectivity index (χ1v) is 13.2. The molecule has 0 radical (unpaired) electrons. The van der Waals surface area contributed by atoms with Gasteiger partial charge < -0.3 is 14.5 Å². The molecule has 0 aromatic heterocycles. The van der Waals surface area contributed by atoms with Gasteiger partial charge in [0.15, 0.2) is 0 Å². The van der Waals surface area contributed by atoms with Gasteiger partial charge in [-0.05, 0) is 68.3 Å². The molecule has 1 saturated heterocycles. The van der Waals surface area contributed by atoms with Gasteiger partial charge in [-0.3, -0.25) is 4.79 Å². The third kappa shape index (κ3) is 6.37. The molecule has 0 amide bonds. The molecule has 3 rings (SSSR count). The molecule has 0 aliphatic carbocycles. The number of methoxy groups -OCH3 is 1. The molecule has 0 unspecified atom stereocenters. The summed E-state index contributed by atoms with van der Waals surface area (Å²) < 4.78 is 32.7. The smallest absolute Gasteiger partial charge is 0.243 e. The van der Waals surface area contributed by atoms with E-state index < -0.39 is 10.0 Å². The predicted octanol–water partition coefficient (Wildman–Crippen LogP) is 3.28. The summed E-state index contributed by atoms with van der Waals surface area (Å²) in [5.41, 5.74) is 3.61. The lowest BCUT2D eigenvalue weighted by molar-refractivity contribution is -0.119. The quantitative estimate of drug-likeness (QED) is 0.512. The fourth-order valence-corrected chi connectivity index (χ4v) is 5.92. The maximum Gasteiger partial charge on any atom is 0.243 e. The number of carbonyl (C=O) groups is 1.